The standard InChI is InChI=1S/C9H8F4N4/c1-2-4-6(9(11,12)13)7(10)5-3-15-8(14)16-17(4)5/h3H,2H2,1H3,(H2,14,16). The SMILES string of the molecule is CCc1c(C(F)(F)F)c(F)c2cnc(N)nn12. The Morgan fingerprint density at radius 3 is 2.59 bits per heavy atom. The second-order valence-electron chi connectivity index (χ2n) is 3.40. The molecule has 17 heavy (non-hydrogen) atoms. The van der Waals surface area contributed by atoms with Gasteiger partial charge in [0.2, 0.25) is 5.95 Å². The highest BCUT2D eigenvalue weighted by Crippen LogP contribution is 2.36. The first-order chi connectivity index (χ1) is 7.86. The number of nitrogens with zero attached hydrogens (tertiary/aromatic N) is 3. The number of anilines is 1. The molecule has 0 amide bonds. The molecule has 92 valence electrons. The Morgan fingerprint density at radius 1 is 1.41 bits per heavy atom. The van der Waals surface area contributed by atoms with Crippen molar-refractivity contribution in [2.75, 3.05) is 5.73 Å². The summed E-state index contributed by atoms with van der Waals surface area (Å²) in [5.74, 6) is -1.58. The minimum absolute atomic E-state index is 0.0175. The van der Waals surface area contributed by atoms with Crippen molar-refractivity contribution in [1.82, 2.24) is 14.6 Å². The van der Waals surface area contributed by atoms with Crippen LogP contribution in [0, 0.1) is 5.82 Å². The summed E-state index contributed by atoms with van der Waals surface area (Å²) in [5.41, 5.74) is 3.37. The number of halogens is 4. The number of fused-ring (bicyclic) bond motifs is 1. The number of aryl methyl sites for hydroxylation is 1. The van der Waals surface area contributed by atoms with E-state index < -0.39 is 17.6 Å². The zero-order valence-electron chi connectivity index (χ0n) is 8.72. The van der Waals surface area contributed by atoms with Gasteiger partial charge in [-0.1, -0.05) is 6.92 Å². The molecular weight excluding hydrogens is 240 g/mol. The van der Waals surface area contributed by atoms with Gasteiger partial charge in [0.15, 0.2) is 5.82 Å². The molecular formula is C9H8F4N4. The molecule has 2 aromatic rings. The third-order valence-electron chi connectivity index (χ3n) is 2.36. The molecule has 0 fully saturated rings. The van der Waals surface area contributed by atoms with Gasteiger partial charge >= 0.3 is 6.18 Å². The first-order valence-electron chi connectivity index (χ1n) is 4.75. The maximum absolute atomic E-state index is 13.6. The van der Waals surface area contributed by atoms with Crippen LogP contribution in [0.4, 0.5) is 23.5 Å². The molecule has 0 aliphatic heterocycles. The van der Waals surface area contributed by atoms with Gasteiger partial charge in [0, 0.05) is 0 Å². The zero-order chi connectivity index (χ0) is 12.8. The van der Waals surface area contributed by atoms with Gasteiger partial charge in [-0.3, -0.25) is 0 Å². The first kappa shape index (κ1) is 11.6. The molecule has 0 bridgehead atoms. The summed E-state index contributed by atoms with van der Waals surface area (Å²) < 4.78 is 52.6. The van der Waals surface area contributed by atoms with Crippen LogP contribution < -0.4 is 5.73 Å². The van der Waals surface area contributed by atoms with Crippen molar-refractivity contribution in [1.29, 1.82) is 0 Å². The maximum atomic E-state index is 13.6. The predicted molar refractivity (Wildman–Crippen MR) is 51.7 cm³/mol. The number of hydrogen-bond donors (Lipinski definition) is 1. The molecule has 8 heteroatoms. The summed E-state index contributed by atoms with van der Waals surface area (Å²) in [7, 11) is 0. The average Bonchev–Trinajstić information content (AvgIpc) is 2.50. The van der Waals surface area contributed by atoms with E-state index in [4.69, 9.17) is 5.73 Å². The van der Waals surface area contributed by atoms with E-state index in [1.54, 1.807) is 0 Å². The molecule has 4 nitrogen and oxygen atoms in total. The number of alkyl halides is 3. The van der Waals surface area contributed by atoms with E-state index in [0.29, 0.717) is 0 Å². The van der Waals surface area contributed by atoms with E-state index in [0.717, 1.165) is 10.7 Å². The van der Waals surface area contributed by atoms with Crippen LogP contribution in [0.15, 0.2) is 6.20 Å². The molecule has 2 heterocycles. The molecule has 0 saturated heterocycles. The maximum Gasteiger partial charge on any atom is 0.421 e. The van der Waals surface area contributed by atoms with Gasteiger partial charge < -0.3 is 5.73 Å². The van der Waals surface area contributed by atoms with Crippen LogP contribution in [0.5, 0.6) is 0 Å². The van der Waals surface area contributed by atoms with Crippen molar-refractivity contribution in [2.45, 2.75) is 19.5 Å². The molecule has 0 aliphatic carbocycles. The van der Waals surface area contributed by atoms with Crippen LogP contribution in [0.2, 0.25) is 0 Å². The summed E-state index contributed by atoms with van der Waals surface area (Å²) in [6.45, 7) is 1.48. The Morgan fingerprint density at radius 2 is 2.06 bits per heavy atom. The Kier molecular flexibility index (Phi) is 2.44. The van der Waals surface area contributed by atoms with Crippen molar-refractivity contribution in [3.8, 4) is 0 Å². The second kappa shape index (κ2) is 3.57. The van der Waals surface area contributed by atoms with E-state index in [-0.39, 0.29) is 23.6 Å². The van der Waals surface area contributed by atoms with E-state index in [9.17, 15) is 17.6 Å². The van der Waals surface area contributed by atoms with Crippen molar-refractivity contribution in [3.05, 3.63) is 23.3 Å². The van der Waals surface area contributed by atoms with Crippen LogP contribution in [0.3, 0.4) is 0 Å². The highest BCUT2D eigenvalue weighted by Gasteiger charge is 2.40. The highest BCUT2D eigenvalue weighted by atomic mass is 19.4. The van der Waals surface area contributed by atoms with E-state index >= 15 is 0 Å². The minimum atomic E-state index is -4.77. The number of hydrogen-bond acceptors (Lipinski definition) is 3. The highest BCUT2D eigenvalue weighted by molar-refractivity contribution is 5.54. The lowest BCUT2D eigenvalue weighted by molar-refractivity contribution is -0.140. The van der Waals surface area contributed by atoms with Crippen LogP contribution in [-0.4, -0.2) is 14.6 Å². The summed E-state index contributed by atoms with van der Waals surface area (Å²) in [5, 5.41) is 3.58. The normalized spacial score (nSPS) is 12.3. The van der Waals surface area contributed by atoms with E-state index in [1.807, 2.05) is 0 Å². The van der Waals surface area contributed by atoms with Crippen LogP contribution in [-0.2, 0) is 12.6 Å². The fourth-order valence-corrected chi connectivity index (χ4v) is 1.69. The summed E-state index contributed by atoms with van der Waals surface area (Å²) in [6, 6.07) is 0. The summed E-state index contributed by atoms with van der Waals surface area (Å²) >= 11 is 0. The van der Waals surface area contributed by atoms with Gasteiger partial charge in [-0.05, 0) is 6.42 Å². The largest absolute Gasteiger partial charge is 0.421 e. The molecule has 0 aliphatic rings. The third kappa shape index (κ3) is 1.69. The molecule has 0 unspecified atom stereocenters. The van der Waals surface area contributed by atoms with Gasteiger partial charge in [-0.25, -0.2) is 13.9 Å². The van der Waals surface area contributed by atoms with Crippen LogP contribution in [0.25, 0.3) is 5.52 Å². The topological polar surface area (TPSA) is 56.2 Å². The number of nitrogens with two attached hydrogens (primary N) is 1. The smallest absolute Gasteiger partial charge is 0.367 e. The molecule has 0 aromatic carbocycles. The molecule has 2 N–H and O–H groups in total. The Bertz CT molecular complexity index is 572. The van der Waals surface area contributed by atoms with E-state index in [2.05, 4.69) is 10.1 Å². The van der Waals surface area contributed by atoms with Crippen molar-refractivity contribution < 1.29 is 17.6 Å². The predicted octanol–water partition coefficient (Wildman–Crippen LogP) is 2.03. The monoisotopic (exact) mass is 248 g/mol. The molecule has 0 saturated carbocycles. The van der Waals surface area contributed by atoms with Gasteiger partial charge in [0.05, 0.1) is 11.9 Å². The number of nitrogen functional groups attached to an aromatic ring is 1. The Labute approximate surface area is 93.1 Å². The van der Waals surface area contributed by atoms with Gasteiger partial charge in [-0.15, -0.1) is 5.10 Å². The molecule has 2 aromatic heterocycles. The summed E-state index contributed by atoms with van der Waals surface area (Å²) in [4.78, 5) is 3.48. The van der Waals surface area contributed by atoms with Gasteiger partial charge in [-0.2, -0.15) is 13.2 Å². The van der Waals surface area contributed by atoms with E-state index in [1.165, 1.54) is 6.92 Å². The lowest BCUT2D eigenvalue weighted by Crippen LogP contribution is -2.10. The first-order valence-corrected chi connectivity index (χ1v) is 4.75. The van der Waals surface area contributed by atoms with Gasteiger partial charge in [0.25, 0.3) is 0 Å². The van der Waals surface area contributed by atoms with Gasteiger partial charge in [0.1, 0.15) is 11.1 Å². The number of aromatic nitrogens is 3. The Balaban J connectivity index is 2.89. The minimum Gasteiger partial charge on any atom is -0.367 e. The lowest BCUT2D eigenvalue weighted by atomic mass is 10.2. The molecule has 2 rings (SSSR count). The number of rotatable bonds is 1. The fourth-order valence-electron chi connectivity index (χ4n) is 1.69. The van der Waals surface area contributed by atoms with Crippen LogP contribution in [0.1, 0.15) is 18.2 Å². The van der Waals surface area contributed by atoms with Crippen molar-refractivity contribution in [3.63, 3.8) is 0 Å². The summed E-state index contributed by atoms with van der Waals surface area (Å²) in [6.07, 6.45) is -3.85. The zero-order valence-corrected chi connectivity index (χ0v) is 8.72. The van der Waals surface area contributed by atoms with Crippen molar-refractivity contribution in [2.24, 2.45) is 0 Å². The van der Waals surface area contributed by atoms with Crippen molar-refractivity contribution >= 4 is 11.5 Å². The Hall–Kier alpha value is -1.86. The van der Waals surface area contributed by atoms with Crippen LogP contribution >= 0.6 is 0 Å². The average molecular weight is 248 g/mol. The molecule has 0 spiro atoms. The second-order valence-corrected chi connectivity index (χ2v) is 3.40. The fraction of sp³-hybridized carbons (Fsp3) is 0.333. The third-order valence-corrected chi connectivity index (χ3v) is 2.36. The quantitative estimate of drug-likeness (QED) is 0.785. The molecule has 0 radical (unpaired) electrons. The lowest BCUT2D eigenvalue weighted by Gasteiger charge is -2.06. The molecule has 0 atom stereocenters.